The smallest absolute Gasteiger partial charge is 0.264 e. The van der Waals surface area contributed by atoms with Gasteiger partial charge in [-0.05, 0) is 19.3 Å². The quantitative estimate of drug-likeness (QED) is 0.249. The van der Waals surface area contributed by atoms with Crippen LogP contribution in [-0.4, -0.2) is 29.9 Å². The van der Waals surface area contributed by atoms with E-state index in [4.69, 9.17) is 4.55 Å². The van der Waals surface area contributed by atoms with Crippen LogP contribution in [0.25, 0.3) is 0 Å². The van der Waals surface area contributed by atoms with E-state index in [1.54, 1.807) is 0 Å². The normalized spacial score (nSPS) is 13.3. The topological polar surface area (TPSA) is 74.6 Å². The highest BCUT2D eigenvalue weighted by Crippen LogP contribution is 2.14. The van der Waals surface area contributed by atoms with Crippen molar-refractivity contribution in [2.24, 2.45) is 0 Å². The van der Waals surface area contributed by atoms with Gasteiger partial charge in [0.05, 0.1) is 11.9 Å². The Balaban J connectivity index is 3.15. The van der Waals surface area contributed by atoms with Gasteiger partial charge in [0, 0.05) is 0 Å². The Morgan fingerprint density at radius 2 is 1.04 bits per heavy atom. The molecule has 0 saturated heterocycles. The van der Waals surface area contributed by atoms with Crippen LogP contribution in [0.1, 0.15) is 110 Å². The van der Waals surface area contributed by atoms with Crippen LogP contribution in [0.2, 0.25) is 0 Å². The van der Waals surface area contributed by atoms with Crippen LogP contribution in [0.5, 0.6) is 0 Å². The lowest BCUT2D eigenvalue weighted by Crippen LogP contribution is -2.05. The molecule has 0 aromatic heterocycles. The number of rotatable bonds is 18. The highest BCUT2D eigenvalue weighted by Gasteiger charge is 2.04. The minimum absolute atomic E-state index is 0.0858. The van der Waals surface area contributed by atoms with Gasteiger partial charge in [-0.1, -0.05) is 90.4 Å². The maximum absolute atomic E-state index is 10.6. The van der Waals surface area contributed by atoms with Crippen LogP contribution >= 0.6 is 0 Å². The van der Waals surface area contributed by atoms with Crippen molar-refractivity contribution in [2.75, 3.05) is 5.75 Å². The standard InChI is InChI=1S/C19H40O4S/c1-2-3-13-16-19(20)17-14-11-9-7-5-4-6-8-10-12-15-18-24(21,22)23/h19-20H,2-18H2,1H3,(H,21,22,23). The molecule has 2 N–H and O–H groups in total. The van der Waals surface area contributed by atoms with E-state index in [2.05, 4.69) is 6.92 Å². The van der Waals surface area contributed by atoms with Gasteiger partial charge in [-0.2, -0.15) is 8.42 Å². The highest BCUT2D eigenvalue weighted by atomic mass is 32.2. The summed E-state index contributed by atoms with van der Waals surface area (Å²) in [5.74, 6) is -0.0969. The lowest BCUT2D eigenvalue weighted by Gasteiger charge is -2.09. The molecule has 0 aromatic rings. The second kappa shape index (κ2) is 16.3. The third-order valence-corrected chi connectivity index (χ3v) is 5.39. The second-order valence-corrected chi connectivity index (χ2v) is 8.69. The number of aliphatic hydroxyl groups is 1. The predicted octanol–water partition coefficient (Wildman–Crippen LogP) is 5.50. The monoisotopic (exact) mass is 364 g/mol. The molecule has 0 aliphatic carbocycles. The summed E-state index contributed by atoms with van der Waals surface area (Å²) in [5.41, 5.74) is 0. The van der Waals surface area contributed by atoms with Crippen molar-refractivity contribution in [1.82, 2.24) is 0 Å². The highest BCUT2D eigenvalue weighted by molar-refractivity contribution is 7.85. The summed E-state index contributed by atoms with van der Waals surface area (Å²) in [4.78, 5) is 0. The van der Waals surface area contributed by atoms with E-state index < -0.39 is 10.1 Å². The van der Waals surface area contributed by atoms with E-state index in [1.807, 2.05) is 0 Å². The molecule has 0 fully saturated rings. The van der Waals surface area contributed by atoms with Crippen molar-refractivity contribution in [3.63, 3.8) is 0 Å². The van der Waals surface area contributed by atoms with E-state index >= 15 is 0 Å². The fourth-order valence-corrected chi connectivity index (χ4v) is 3.60. The van der Waals surface area contributed by atoms with Gasteiger partial charge >= 0.3 is 0 Å². The Labute approximate surface area is 150 Å². The average molecular weight is 365 g/mol. The molecule has 1 atom stereocenters. The molecule has 1 unspecified atom stereocenters. The van der Waals surface area contributed by atoms with Gasteiger partial charge in [0.25, 0.3) is 10.1 Å². The van der Waals surface area contributed by atoms with Gasteiger partial charge in [0.2, 0.25) is 0 Å². The van der Waals surface area contributed by atoms with Gasteiger partial charge in [-0.15, -0.1) is 0 Å². The molecule has 0 heterocycles. The van der Waals surface area contributed by atoms with Gasteiger partial charge in [0.15, 0.2) is 0 Å². The predicted molar refractivity (Wildman–Crippen MR) is 102 cm³/mol. The molecule has 4 nitrogen and oxygen atoms in total. The molecule has 0 aromatic carbocycles. The Kier molecular flexibility index (Phi) is 16.3. The Hall–Kier alpha value is -0.130. The van der Waals surface area contributed by atoms with Crippen molar-refractivity contribution < 1.29 is 18.1 Å². The lowest BCUT2D eigenvalue weighted by atomic mass is 10.0. The zero-order chi connectivity index (χ0) is 18.1. The summed E-state index contributed by atoms with van der Waals surface area (Å²) in [6.07, 6.45) is 17.9. The Morgan fingerprint density at radius 3 is 1.46 bits per heavy atom. The molecular weight excluding hydrogens is 324 g/mol. The van der Waals surface area contributed by atoms with Gasteiger partial charge in [0.1, 0.15) is 0 Å². The minimum Gasteiger partial charge on any atom is -0.393 e. The van der Waals surface area contributed by atoms with Crippen molar-refractivity contribution >= 4 is 10.1 Å². The van der Waals surface area contributed by atoms with Gasteiger partial charge in [-0.25, -0.2) is 0 Å². The van der Waals surface area contributed by atoms with Crippen molar-refractivity contribution in [2.45, 2.75) is 116 Å². The van der Waals surface area contributed by atoms with Crippen LogP contribution in [0.3, 0.4) is 0 Å². The molecule has 0 radical (unpaired) electrons. The molecule has 24 heavy (non-hydrogen) atoms. The number of hydrogen-bond acceptors (Lipinski definition) is 3. The lowest BCUT2D eigenvalue weighted by molar-refractivity contribution is 0.147. The van der Waals surface area contributed by atoms with Crippen LogP contribution in [0.15, 0.2) is 0 Å². The first-order chi connectivity index (χ1) is 11.5. The molecule has 0 spiro atoms. The maximum atomic E-state index is 10.6. The molecule has 0 amide bonds. The average Bonchev–Trinajstić information content (AvgIpc) is 2.51. The molecule has 0 saturated carbocycles. The van der Waals surface area contributed by atoms with Crippen molar-refractivity contribution in [3.8, 4) is 0 Å². The van der Waals surface area contributed by atoms with Crippen LogP contribution in [-0.2, 0) is 10.1 Å². The van der Waals surface area contributed by atoms with Crippen molar-refractivity contribution in [1.29, 1.82) is 0 Å². The van der Waals surface area contributed by atoms with E-state index in [1.165, 1.54) is 51.4 Å². The van der Waals surface area contributed by atoms with Gasteiger partial charge < -0.3 is 5.11 Å². The largest absolute Gasteiger partial charge is 0.393 e. The molecule has 0 aliphatic heterocycles. The number of hydrogen-bond donors (Lipinski definition) is 2. The first kappa shape index (κ1) is 23.9. The molecule has 5 heteroatoms. The molecule has 146 valence electrons. The molecule has 0 bridgehead atoms. The summed E-state index contributed by atoms with van der Waals surface area (Å²) >= 11 is 0. The summed E-state index contributed by atoms with van der Waals surface area (Å²) in [6, 6.07) is 0. The number of unbranched alkanes of at least 4 members (excludes halogenated alkanes) is 12. The maximum Gasteiger partial charge on any atom is 0.264 e. The Morgan fingerprint density at radius 1 is 0.667 bits per heavy atom. The van der Waals surface area contributed by atoms with E-state index in [0.717, 1.165) is 44.9 Å². The van der Waals surface area contributed by atoms with Crippen molar-refractivity contribution in [3.05, 3.63) is 0 Å². The second-order valence-electron chi connectivity index (χ2n) is 7.11. The third-order valence-electron chi connectivity index (χ3n) is 4.58. The van der Waals surface area contributed by atoms with Crippen LogP contribution < -0.4 is 0 Å². The third kappa shape index (κ3) is 19.9. The fraction of sp³-hybridized carbons (Fsp3) is 1.00. The first-order valence-corrected chi connectivity index (χ1v) is 11.7. The van der Waals surface area contributed by atoms with Gasteiger partial charge in [-0.3, -0.25) is 4.55 Å². The van der Waals surface area contributed by atoms with E-state index in [0.29, 0.717) is 6.42 Å². The molecule has 0 rings (SSSR count). The van der Waals surface area contributed by atoms with Crippen LogP contribution in [0, 0.1) is 0 Å². The zero-order valence-corrected chi connectivity index (χ0v) is 16.5. The van der Waals surface area contributed by atoms with E-state index in [9.17, 15) is 13.5 Å². The summed E-state index contributed by atoms with van der Waals surface area (Å²) in [5, 5.41) is 9.83. The first-order valence-electron chi connectivity index (χ1n) is 10.1. The molecular formula is C19H40O4S. The number of aliphatic hydroxyl groups excluding tert-OH is 1. The Bertz CT molecular complexity index is 354. The summed E-state index contributed by atoms with van der Waals surface area (Å²) in [7, 11) is -3.76. The summed E-state index contributed by atoms with van der Waals surface area (Å²) in [6.45, 7) is 2.19. The SMILES string of the molecule is CCCCCC(O)CCCCCCCCCCCCCS(=O)(=O)O. The zero-order valence-electron chi connectivity index (χ0n) is 15.7. The summed E-state index contributed by atoms with van der Waals surface area (Å²) < 4.78 is 29.7. The van der Waals surface area contributed by atoms with E-state index in [-0.39, 0.29) is 11.9 Å². The molecule has 0 aliphatic rings. The minimum atomic E-state index is -3.76. The fourth-order valence-electron chi connectivity index (χ4n) is 3.03. The van der Waals surface area contributed by atoms with Crippen LogP contribution in [0.4, 0.5) is 0 Å².